The van der Waals surface area contributed by atoms with Gasteiger partial charge in [-0.2, -0.15) is 0 Å². The molecule has 1 atom stereocenters. The SMILES string of the molecule is C=CCCOc1ccc(COc2ccc(-c3ccc(C4CCC(C(O)CCC)CC4)c(F)c3F)cc2)c(F)c1. The molecule has 0 heterocycles. The molecule has 1 unspecified atom stereocenters. The van der Waals surface area contributed by atoms with Crippen LogP contribution in [0.2, 0.25) is 0 Å². The van der Waals surface area contributed by atoms with Gasteiger partial charge in [0.15, 0.2) is 11.6 Å². The zero-order chi connectivity index (χ0) is 27.8. The van der Waals surface area contributed by atoms with E-state index >= 15 is 8.78 Å². The normalized spacial score (nSPS) is 18.0. The minimum absolute atomic E-state index is 0.0214. The van der Waals surface area contributed by atoms with Gasteiger partial charge in [-0.25, -0.2) is 13.2 Å². The number of aliphatic hydroxyl groups excluding tert-OH is 1. The average Bonchev–Trinajstić information content (AvgIpc) is 2.95. The van der Waals surface area contributed by atoms with E-state index in [0.717, 1.165) is 38.5 Å². The molecule has 208 valence electrons. The van der Waals surface area contributed by atoms with Crippen LogP contribution in [0.1, 0.15) is 68.9 Å². The molecule has 0 radical (unpaired) electrons. The summed E-state index contributed by atoms with van der Waals surface area (Å²) in [5.74, 6) is -0.936. The smallest absolute Gasteiger partial charge is 0.166 e. The molecule has 1 aliphatic rings. The zero-order valence-corrected chi connectivity index (χ0v) is 22.5. The summed E-state index contributed by atoms with van der Waals surface area (Å²) in [5.41, 5.74) is 1.52. The first kappa shape index (κ1) is 28.8. The molecule has 1 aliphatic carbocycles. The third kappa shape index (κ3) is 7.24. The van der Waals surface area contributed by atoms with Gasteiger partial charge in [0.1, 0.15) is 23.9 Å². The Morgan fingerprint density at radius 3 is 2.31 bits per heavy atom. The van der Waals surface area contributed by atoms with Crippen molar-refractivity contribution in [3.63, 3.8) is 0 Å². The van der Waals surface area contributed by atoms with E-state index in [0.29, 0.717) is 41.2 Å². The molecule has 3 aromatic carbocycles. The van der Waals surface area contributed by atoms with E-state index in [9.17, 15) is 9.50 Å². The molecule has 0 bridgehead atoms. The van der Waals surface area contributed by atoms with Gasteiger partial charge in [-0.15, -0.1) is 6.58 Å². The van der Waals surface area contributed by atoms with Gasteiger partial charge in [-0.05, 0) is 85.8 Å². The van der Waals surface area contributed by atoms with E-state index < -0.39 is 17.5 Å². The van der Waals surface area contributed by atoms with Crippen LogP contribution in [0, 0.1) is 23.4 Å². The predicted molar refractivity (Wildman–Crippen MR) is 148 cm³/mol. The van der Waals surface area contributed by atoms with Crippen molar-refractivity contribution >= 4 is 0 Å². The number of hydrogen-bond donors (Lipinski definition) is 1. The minimum atomic E-state index is -0.855. The molecular formula is C33H37F3O3. The number of aliphatic hydroxyl groups is 1. The summed E-state index contributed by atoms with van der Waals surface area (Å²) in [4.78, 5) is 0. The Kier molecular flexibility index (Phi) is 10.1. The zero-order valence-electron chi connectivity index (χ0n) is 22.5. The Balaban J connectivity index is 1.37. The molecule has 6 heteroatoms. The molecule has 39 heavy (non-hydrogen) atoms. The predicted octanol–water partition coefficient (Wildman–Crippen LogP) is 8.74. The van der Waals surface area contributed by atoms with Crippen LogP contribution in [-0.2, 0) is 6.61 Å². The highest BCUT2D eigenvalue weighted by Crippen LogP contribution is 2.40. The lowest BCUT2D eigenvalue weighted by molar-refractivity contribution is 0.0727. The number of benzene rings is 3. The maximum absolute atomic E-state index is 15.2. The van der Waals surface area contributed by atoms with Crippen molar-refractivity contribution in [3.05, 3.63) is 95.8 Å². The van der Waals surface area contributed by atoms with Crippen molar-refractivity contribution in [1.29, 1.82) is 0 Å². The molecule has 0 spiro atoms. The van der Waals surface area contributed by atoms with Crippen molar-refractivity contribution in [2.45, 2.75) is 70.5 Å². The first-order valence-electron chi connectivity index (χ1n) is 13.8. The second-order valence-electron chi connectivity index (χ2n) is 10.3. The summed E-state index contributed by atoms with van der Waals surface area (Å²) in [6.45, 7) is 6.14. The number of hydrogen-bond acceptors (Lipinski definition) is 3. The molecule has 0 aliphatic heterocycles. The second kappa shape index (κ2) is 13.7. The first-order valence-corrected chi connectivity index (χ1v) is 13.8. The number of halogens is 3. The Labute approximate surface area is 229 Å². The fraction of sp³-hybridized carbons (Fsp3) is 0.394. The highest BCUT2D eigenvalue weighted by atomic mass is 19.2. The largest absolute Gasteiger partial charge is 0.493 e. The highest BCUT2D eigenvalue weighted by Gasteiger charge is 2.29. The minimum Gasteiger partial charge on any atom is -0.493 e. The van der Waals surface area contributed by atoms with Gasteiger partial charge in [-0.1, -0.05) is 43.7 Å². The maximum atomic E-state index is 15.2. The number of ether oxygens (including phenoxy) is 2. The average molecular weight is 539 g/mol. The summed E-state index contributed by atoms with van der Waals surface area (Å²) in [6.07, 6.45) is 6.98. The molecule has 1 saturated carbocycles. The van der Waals surface area contributed by atoms with E-state index in [1.54, 1.807) is 54.6 Å². The van der Waals surface area contributed by atoms with Crippen LogP contribution in [0.5, 0.6) is 11.5 Å². The first-order chi connectivity index (χ1) is 18.9. The van der Waals surface area contributed by atoms with Gasteiger partial charge in [-0.3, -0.25) is 0 Å². The van der Waals surface area contributed by atoms with Gasteiger partial charge in [0, 0.05) is 17.2 Å². The standard InChI is InChI=1S/C33H37F3O3/c1-3-5-19-38-27-16-13-25(30(34)20-27)21-39-26-14-11-23(12-15-26)29-18-17-28(32(35)33(29)36)22-7-9-24(10-8-22)31(37)6-4-2/h3,11-18,20,22,24,31,37H,1,4-10,19,21H2,2H3. The fourth-order valence-electron chi connectivity index (χ4n) is 5.34. The molecule has 3 aromatic rings. The molecule has 0 aromatic heterocycles. The molecule has 3 nitrogen and oxygen atoms in total. The van der Waals surface area contributed by atoms with Crippen LogP contribution >= 0.6 is 0 Å². The molecule has 0 saturated heterocycles. The third-order valence-electron chi connectivity index (χ3n) is 7.63. The van der Waals surface area contributed by atoms with Crippen LogP contribution in [0.15, 0.2) is 67.3 Å². The lowest BCUT2D eigenvalue weighted by Crippen LogP contribution is -2.25. The van der Waals surface area contributed by atoms with Gasteiger partial charge in [0.05, 0.1) is 12.7 Å². The van der Waals surface area contributed by atoms with E-state index in [1.165, 1.54) is 6.07 Å². The van der Waals surface area contributed by atoms with E-state index in [-0.39, 0.29) is 30.1 Å². The quantitative estimate of drug-likeness (QED) is 0.185. The van der Waals surface area contributed by atoms with Gasteiger partial charge in [0.25, 0.3) is 0 Å². The summed E-state index contributed by atoms with van der Waals surface area (Å²) in [7, 11) is 0. The van der Waals surface area contributed by atoms with E-state index in [4.69, 9.17) is 9.47 Å². The fourth-order valence-corrected chi connectivity index (χ4v) is 5.34. The van der Waals surface area contributed by atoms with Crippen molar-refractivity contribution in [2.24, 2.45) is 5.92 Å². The van der Waals surface area contributed by atoms with Gasteiger partial charge >= 0.3 is 0 Å². The molecule has 1 fully saturated rings. The van der Waals surface area contributed by atoms with Crippen molar-refractivity contribution in [1.82, 2.24) is 0 Å². The van der Waals surface area contributed by atoms with E-state index in [2.05, 4.69) is 13.5 Å². The number of rotatable bonds is 12. The highest BCUT2D eigenvalue weighted by molar-refractivity contribution is 5.65. The van der Waals surface area contributed by atoms with Crippen molar-refractivity contribution < 1.29 is 27.8 Å². The van der Waals surface area contributed by atoms with Crippen LogP contribution in [0.3, 0.4) is 0 Å². The molecule has 4 rings (SSSR count). The summed E-state index contributed by atoms with van der Waals surface area (Å²) >= 11 is 0. The van der Waals surface area contributed by atoms with Crippen molar-refractivity contribution in [2.75, 3.05) is 6.61 Å². The van der Waals surface area contributed by atoms with Crippen LogP contribution in [0.25, 0.3) is 11.1 Å². The monoisotopic (exact) mass is 538 g/mol. The molecular weight excluding hydrogens is 501 g/mol. The van der Waals surface area contributed by atoms with Crippen LogP contribution in [0.4, 0.5) is 13.2 Å². The second-order valence-corrected chi connectivity index (χ2v) is 10.3. The lowest BCUT2D eigenvalue weighted by Gasteiger charge is -2.32. The van der Waals surface area contributed by atoms with Crippen LogP contribution < -0.4 is 9.47 Å². The Bertz CT molecular complexity index is 1230. The summed E-state index contributed by atoms with van der Waals surface area (Å²) < 4.78 is 55.9. The Morgan fingerprint density at radius 2 is 1.64 bits per heavy atom. The van der Waals surface area contributed by atoms with Crippen LogP contribution in [-0.4, -0.2) is 17.8 Å². The third-order valence-corrected chi connectivity index (χ3v) is 7.63. The summed E-state index contributed by atoms with van der Waals surface area (Å²) in [5, 5.41) is 10.3. The lowest BCUT2D eigenvalue weighted by atomic mass is 9.75. The van der Waals surface area contributed by atoms with Gasteiger partial charge in [0.2, 0.25) is 0 Å². The van der Waals surface area contributed by atoms with Crippen molar-refractivity contribution in [3.8, 4) is 22.6 Å². The Hall–Kier alpha value is -3.25. The topological polar surface area (TPSA) is 38.7 Å². The summed E-state index contributed by atoms with van der Waals surface area (Å²) in [6, 6.07) is 14.6. The van der Waals surface area contributed by atoms with Gasteiger partial charge < -0.3 is 14.6 Å². The van der Waals surface area contributed by atoms with E-state index in [1.807, 2.05) is 0 Å². The Morgan fingerprint density at radius 1 is 0.923 bits per heavy atom. The molecule has 0 amide bonds. The maximum Gasteiger partial charge on any atom is 0.166 e. The molecule has 1 N–H and O–H groups in total.